The number of carboxylic acid groups (broad SMARTS) is 1. The smallest absolute Gasteiger partial charge is 0.326 e. The molecule has 7 heteroatoms. The van der Waals surface area contributed by atoms with E-state index in [-0.39, 0.29) is 6.04 Å². The number of carboxylic acids is 1. The first-order valence-electron chi connectivity index (χ1n) is 6.62. The summed E-state index contributed by atoms with van der Waals surface area (Å²) in [5.74, 6) is -1.43. The minimum Gasteiger partial charge on any atom is -0.480 e. The monoisotopic (exact) mass is 288 g/mol. The van der Waals surface area contributed by atoms with Crippen LogP contribution in [0, 0.1) is 5.92 Å². The predicted molar refractivity (Wildman–Crippen MR) is 73.3 cm³/mol. The van der Waals surface area contributed by atoms with Crippen molar-refractivity contribution >= 4 is 18.0 Å². The van der Waals surface area contributed by atoms with Crippen molar-refractivity contribution in [3.05, 3.63) is 0 Å². The van der Waals surface area contributed by atoms with Gasteiger partial charge in [-0.15, -0.1) is 0 Å². The largest absolute Gasteiger partial charge is 0.480 e. The van der Waals surface area contributed by atoms with Crippen molar-refractivity contribution in [2.75, 3.05) is 7.11 Å². The normalized spacial score (nSPS) is 13.4. The molecular weight excluding hydrogens is 264 g/mol. The fraction of sp³-hybridized carbons (Fsp3) is 0.769. The maximum atomic E-state index is 11.6. The van der Waals surface area contributed by atoms with Crippen molar-refractivity contribution in [2.24, 2.45) is 5.92 Å². The molecule has 0 saturated carbocycles. The molecule has 2 atom stereocenters. The van der Waals surface area contributed by atoms with Crippen molar-refractivity contribution < 1.29 is 24.2 Å². The molecule has 0 aromatic carbocycles. The van der Waals surface area contributed by atoms with Crippen LogP contribution in [0.2, 0.25) is 0 Å². The van der Waals surface area contributed by atoms with E-state index < -0.39 is 30.4 Å². The van der Waals surface area contributed by atoms with E-state index in [9.17, 15) is 14.4 Å². The molecule has 0 aliphatic carbocycles. The molecule has 3 N–H and O–H groups in total. The zero-order valence-corrected chi connectivity index (χ0v) is 12.4. The molecule has 0 spiro atoms. The van der Waals surface area contributed by atoms with E-state index in [2.05, 4.69) is 29.2 Å². The average molecular weight is 288 g/mol. The zero-order chi connectivity index (χ0) is 15.7. The van der Waals surface area contributed by atoms with Crippen LogP contribution in [0.3, 0.4) is 0 Å². The Balaban J connectivity index is 4.25. The minimum atomic E-state index is -1.29. The Bertz CT molecular complexity index is 344. The van der Waals surface area contributed by atoms with E-state index in [1.54, 1.807) is 0 Å². The predicted octanol–water partition coefficient (Wildman–Crippen LogP) is 1.13. The third-order valence-electron chi connectivity index (χ3n) is 2.76. The third kappa shape index (κ3) is 8.34. The fourth-order valence-electron chi connectivity index (χ4n) is 1.53. The van der Waals surface area contributed by atoms with Crippen molar-refractivity contribution in [3.63, 3.8) is 0 Å². The molecule has 0 aromatic rings. The summed E-state index contributed by atoms with van der Waals surface area (Å²) in [5.41, 5.74) is 0. The van der Waals surface area contributed by atoms with Crippen LogP contribution in [0.4, 0.5) is 4.79 Å². The van der Waals surface area contributed by atoms with E-state index in [1.165, 1.54) is 0 Å². The molecule has 0 aromatic heterocycles. The number of hydrogen-bond donors (Lipinski definition) is 3. The maximum Gasteiger partial charge on any atom is 0.326 e. The third-order valence-corrected chi connectivity index (χ3v) is 2.76. The minimum absolute atomic E-state index is 0.0648. The van der Waals surface area contributed by atoms with Crippen LogP contribution in [0.15, 0.2) is 0 Å². The lowest BCUT2D eigenvalue weighted by Gasteiger charge is -2.18. The number of hydrogen-bond acceptors (Lipinski definition) is 4. The number of aliphatic carboxylic acids is 1. The number of esters is 1. The van der Waals surface area contributed by atoms with E-state index >= 15 is 0 Å². The molecule has 2 amide bonds. The summed E-state index contributed by atoms with van der Waals surface area (Å²) < 4.78 is 4.38. The van der Waals surface area contributed by atoms with Gasteiger partial charge in [0.05, 0.1) is 13.5 Å². The van der Waals surface area contributed by atoms with Crippen LogP contribution in [-0.2, 0) is 14.3 Å². The standard InChI is InChI=1S/C13H24N2O5/c1-8(2)5-6-9(3)14-13(19)15-10(12(17)18)7-11(16)20-4/h8-10H,5-7H2,1-4H3,(H,17,18)(H2,14,15,19)/t9?,10-/m0/s1. The molecule has 116 valence electrons. The molecule has 0 fully saturated rings. The number of amides is 2. The number of ether oxygens (including phenoxy) is 1. The number of rotatable bonds is 8. The van der Waals surface area contributed by atoms with E-state index in [0.717, 1.165) is 20.0 Å². The van der Waals surface area contributed by atoms with Gasteiger partial charge in [-0.3, -0.25) is 4.79 Å². The zero-order valence-electron chi connectivity index (χ0n) is 12.4. The van der Waals surface area contributed by atoms with Crippen molar-refractivity contribution in [3.8, 4) is 0 Å². The summed E-state index contributed by atoms with van der Waals surface area (Å²) in [5, 5.41) is 13.8. The van der Waals surface area contributed by atoms with E-state index in [0.29, 0.717) is 5.92 Å². The summed E-state index contributed by atoms with van der Waals surface area (Å²) >= 11 is 0. The average Bonchev–Trinajstić information content (AvgIpc) is 2.35. The first-order valence-corrected chi connectivity index (χ1v) is 6.62. The molecule has 0 bridgehead atoms. The Kier molecular flexibility index (Phi) is 8.35. The lowest BCUT2D eigenvalue weighted by Crippen LogP contribution is -2.49. The van der Waals surface area contributed by atoms with Crippen LogP contribution in [-0.4, -0.2) is 42.3 Å². The summed E-state index contributed by atoms with van der Waals surface area (Å²) in [6.07, 6.45) is 1.37. The van der Waals surface area contributed by atoms with Crippen LogP contribution in [0.25, 0.3) is 0 Å². The molecule has 0 rings (SSSR count). The van der Waals surface area contributed by atoms with Gasteiger partial charge in [0.15, 0.2) is 0 Å². The highest BCUT2D eigenvalue weighted by atomic mass is 16.5. The van der Waals surface area contributed by atoms with Crippen LogP contribution < -0.4 is 10.6 Å². The van der Waals surface area contributed by atoms with Crippen molar-refractivity contribution in [1.29, 1.82) is 0 Å². The Morgan fingerprint density at radius 2 is 1.70 bits per heavy atom. The number of carbonyl (C=O) groups is 3. The van der Waals surface area contributed by atoms with Gasteiger partial charge in [0.25, 0.3) is 0 Å². The molecule has 0 heterocycles. The summed E-state index contributed by atoms with van der Waals surface area (Å²) in [6.45, 7) is 6.02. The molecule has 0 radical (unpaired) electrons. The second-order valence-corrected chi connectivity index (χ2v) is 5.16. The maximum absolute atomic E-state index is 11.6. The number of carbonyl (C=O) groups excluding carboxylic acids is 2. The number of methoxy groups -OCH3 is 1. The lowest BCUT2D eigenvalue weighted by molar-refractivity contribution is -0.147. The second-order valence-electron chi connectivity index (χ2n) is 5.16. The Morgan fingerprint density at radius 1 is 1.10 bits per heavy atom. The molecule has 1 unspecified atom stereocenters. The Labute approximate surface area is 119 Å². The van der Waals surface area contributed by atoms with Gasteiger partial charge in [0, 0.05) is 6.04 Å². The van der Waals surface area contributed by atoms with Gasteiger partial charge in [-0.2, -0.15) is 0 Å². The SMILES string of the molecule is COC(=O)C[C@H](NC(=O)NC(C)CCC(C)C)C(=O)O. The molecule has 0 aliphatic rings. The second kappa shape index (κ2) is 9.17. The van der Waals surface area contributed by atoms with Crippen molar-refractivity contribution in [2.45, 2.75) is 52.1 Å². The quantitative estimate of drug-likeness (QED) is 0.581. The van der Waals surface area contributed by atoms with Crippen LogP contribution >= 0.6 is 0 Å². The molecule has 0 saturated heterocycles. The van der Waals surface area contributed by atoms with Gasteiger partial charge in [-0.25, -0.2) is 9.59 Å². The Hall–Kier alpha value is -1.79. The highest BCUT2D eigenvalue weighted by Gasteiger charge is 2.24. The molecule has 20 heavy (non-hydrogen) atoms. The Morgan fingerprint density at radius 3 is 2.15 bits per heavy atom. The molecular formula is C13H24N2O5. The van der Waals surface area contributed by atoms with Gasteiger partial charge in [-0.05, 0) is 25.7 Å². The van der Waals surface area contributed by atoms with E-state index in [1.807, 2.05) is 6.92 Å². The summed E-state index contributed by atoms with van der Waals surface area (Å²) in [6, 6.07) is -1.96. The highest BCUT2D eigenvalue weighted by molar-refractivity contribution is 5.86. The van der Waals surface area contributed by atoms with Gasteiger partial charge in [0.1, 0.15) is 6.04 Å². The highest BCUT2D eigenvalue weighted by Crippen LogP contribution is 2.06. The fourth-order valence-corrected chi connectivity index (χ4v) is 1.53. The molecule has 0 aliphatic heterocycles. The number of nitrogens with one attached hydrogen (secondary N) is 2. The van der Waals surface area contributed by atoms with Gasteiger partial charge in [0.2, 0.25) is 0 Å². The topological polar surface area (TPSA) is 105 Å². The molecule has 7 nitrogen and oxygen atoms in total. The lowest BCUT2D eigenvalue weighted by atomic mass is 10.0. The summed E-state index contributed by atoms with van der Waals surface area (Å²) in [7, 11) is 1.16. The van der Waals surface area contributed by atoms with E-state index in [4.69, 9.17) is 5.11 Å². The van der Waals surface area contributed by atoms with Gasteiger partial charge < -0.3 is 20.5 Å². The van der Waals surface area contributed by atoms with Crippen molar-refractivity contribution in [1.82, 2.24) is 10.6 Å². The van der Waals surface area contributed by atoms with Gasteiger partial charge in [-0.1, -0.05) is 13.8 Å². The first-order chi connectivity index (χ1) is 9.26. The summed E-state index contributed by atoms with van der Waals surface area (Å²) in [4.78, 5) is 33.6. The van der Waals surface area contributed by atoms with Crippen LogP contribution in [0.5, 0.6) is 0 Å². The van der Waals surface area contributed by atoms with Crippen LogP contribution in [0.1, 0.15) is 40.0 Å². The number of urea groups is 1. The van der Waals surface area contributed by atoms with Gasteiger partial charge >= 0.3 is 18.0 Å². The first kappa shape index (κ1) is 18.2.